The topological polar surface area (TPSA) is 56.3 Å². The molecule has 4 nitrogen and oxygen atoms in total. The molecule has 1 aromatic rings. The third-order valence-corrected chi connectivity index (χ3v) is 3.47. The predicted octanol–water partition coefficient (Wildman–Crippen LogP) is 1.33. The van der Waals surface area contributed by atoms with Crippen LogP contribution in [0.1, 0.15) is 10.8 Å². The molecule has 2 unspecified atom stereocenters. The predicted molar refractivity (Wildman–Crippen MR) is 69.5 cm³/mol. The Morgan fingerprint density at radius 3 is 2.44 bits per heavy atom. The second-order valence-corrected chi connectivity index (χ2v) is 5.77. The summed E-state index contributed by atoms with van der Waals surface area (Å²) in [7, 11) is -3.50. The summed E-state index contributed by atoms with van der Waals surface area (Å²) in [6.45, 7) is 0. The van der Waals surface area contributed by atoms with E-state index in [0.717, 1.165) is 11.8 Å². The van der Waals surface area contributed by atoms with Crippen LogP contribution in [0, 0.1) is 0 Å². The summed E-state index contributed by atoms with van der Waals surface area (Å²) in [6, 6.07) is 3.53. The van der Waals surface area contributed by atoms with E-state index in [2.05, 4.69) is 30.2 Å². The maximum absolute atomic E-state index is 11.0. The highest BCUT2D eigenvalue weighted by molar-refractivity contribution is 7.86. The third kappa shape index (κ3) is 4.32. The molecule has 1 heterocycles. The molecular weight excluding hydrogens is 266 g/mol. The van der Waals surface area contributed by atoms with Crippen molar-refractivity contribution in [3.8, 4) is 0 Å². The molecule has 90 valence electrons. The van der Waals surface area contributed by atoms with Crippen LogP contribution >= 0.6 is 25.3 Å². The first-order valence-corrected chi connectivity index (χ1v) is 7.47. The quantitative estimate of drug-likeness (QED) is 0.630. The molecule has 2 atom stereocenters. The van der Waals surface area contributed by atoms with Gasteiger partial charge < -0.3 is 0 Å². The maximum Gasteiger partial charge on any atom is 0.264 e. The second-order valence-electron chi connectivity index (χ2n) is 3.25. The summed E-state index contributed by atoms with van der Waals surface area (Å²) >= 11 is 8.40. The van der Waals surface area contributed by atoms with Crippen molar-refractivity contribution in [1.29, 1.82) is 0 Å². The van der Waals surface area contributed by atoms with Gasteiger partial charge in [-0.05, 0) is 17.7 Å². The molecule has 0 saturated heterocycles. The van der Waals surface area contributed by atoms with Crippen molar-refractivity contribution in [3.05, 3.63) is 30.1 Å². The number of pyridine rings is 1. The first kappa shape index (κ1) is 13.8. The molecule has 0 radical (unpaired) electrons. The number of thiol groups is 2. The van der Waals surface area contributed by atoms with Gasteiger partial charge in [0.1, 0.15) is 6.10 Å². The molecule has 1 aromatic heterocycles. The molecule has 0 aliphatic rings. The average molecular weight is 279 g/mol. The summed E-state index contributed by atoms with van der Waals surface area (Å²) in [5.74, 6) is 0.267. The van der Waals surface area contributed by atoms with Crippen LogP contribution in [0.15, 0.2) is 24.5 Å². The van der Waals surface area contributed by atoms with Gasteiger partial charge in [-0.1, -0.05) is 0 Å². The summed E-state index contributed by atoms with van der Waals surface area (Å²) in [5.41, 5.74) is 0.848. The Morgan fingerprint density at radius 2 is 2.00 bits per heavy atom. The van der Waals surface area contributed by atoms with E-state index in [1.807, 2.05) is 0 Å². The largest absolute Gasteiger partial charge is 0.265 e. The summed E-state index contributed by atoms with van der Waals surface area (Å²) in [4.78, 5) is 3.88. The molecule has 0 aromatic carbocycles. The summed E-state index contributed by atoms with van der Waals surface area (Å²) < 4.78 is 27.0. The van der Waals surface area contributed by atoms with Gasteiger partial charge in [0, 0.05) is 18.1 Å². The first-order chi connectivity index (χ1) is 7.44. The fourth-order valence-electron chi connectivity index (χ4n) is 1.18. The average Bonchev–Trinajstić information content (AvgIpc) is 2.25. The van der Waals surface area contributed by atoms with Gasteiger partial charge in [0.05, 0.1) is 11.5 Å². The van der Waals surface area contributed by atoms with Crippen molar-refractivity contribution in [3.63, 3.8) is 0 Å². The van der Waals surface area contributed by atoms with Crippen molar-refractivity contribution in [2.45, 2.75) is 11.4 Å². The van der Waals surface area contributed by atoms with E-state index in [-0.39, 0.29) is 11.0 Å². The maximum atomic E-state index is 11.0. The zero-order chi connectivity index (χ0) is 12.2. The van der Waals surface area contributed by atoms with Crippen LogP contribution in [0.25, 0.3) is 0 Å². The van der Waals surface area contributed by atoms with E-state index in [0.29, 0.717) is 0 Å². The normalized spacial score (nSPS) is 15.7. The van der Waals surface area contributed by atoms with E-state index in [4.69, 9.17) is 4.18 Å². The molecule has 1 rings (SSSR count). The van der Waals surface area contributed by atoms with Gasteiger partial charge in [0.15, 0.2) is 0 Å². The van der Waals surface area contributed by atoms with Gasteiger partial charge in [0.2, 0.25) is 0 Å². The number of nitrogens with zero attached hydrogens (tertiary/aromatic N) is 1. The van der Waals surface area contributed by atoms with Gasteiger partial charge in [-0.15, -0.1) is 0 Å². The van der Waals surface area contributed by atoms with E-state index < -0.39 is 16.2 Å². The third-order valence-electron chi connectivity index (χ3n) is 1.88. The smallest absolute Gasteiger partial charge is 0.264 e. The SMILES string of the molecule is CS(=O)(=O)OC(CS)C(S)c1ccncc1. The Hall–Kier alpha value is -0.240. The number of hydrogen-bond donors (Lipinski definition) is 2. The van der Waals surface area contributed by atoms with E-state index >= 15 is 0 Å². The van der Waals surface area contributed by atoms with Crippen LogP contribution < -0.4 is 0 Å². The van der Waals surface area contributed by atoms with Crippen molar-refractivity contribution < 1.29 is 12.6 Å². The Morgan fingerprint density at radius 1 is 1.44 bits per heavy atom. The van der Waals surface area contributed by atoms with Gasteiger partial charge in [-0.25, -0.2) is 0 Å². The summed E-state index contributed by atoms with van der Waals surface area (Å²) in [5, 5.41) is -0.352. The molecule has 0 saturated carbocycles. The van der Waals surface area contributed by atoms with Crippen LogP contribution in [0.4, 0.5) is 0 Å². The molecular formula is C9H13NO3S3. The zero-order valence-corrected chi connectivity index (χ0v) is 11.3. The van der Waals surface area contributed by atoms with Crippen LogP contribution in [0.3, 0.4) is 0 Å². The Kier molecular flexibility index (Phi) is 5.10. The van der Waals surface area contributed by atoms with Crippen molar-refractivity contribution in [2.75, 3.05) is 12.0 Å². The molecule has 0 aliphatic heterocycles. The second kappa shape index (κ2) is 5.90. The van der Waals surface area contributed by atoms with Crippen LogP contribution in [-0.2, 0) is 14.3 Å². The number of aromatic nitrogens is 1. The van der Waals surface area contributed by atoms with Gasteiger partial charge in [-0.3, -0.25) is 9.17 Å². The molecule has 0 N–H and O–H groups in total. The number of hydrogen-bond acceptors (Lipinski definition) is 6. The molecule has 0 fully saturated rings. The van der Waals surface area contributed by atoms with Crippen molar-refractivity contribution in [1.82, 2.24) is 4.98 Å². The molecule has 0 amide bonds. The van der Waals surface area contributed by atoms with Gasteiger partial charge >= 0.3 is 0 Å². The highest BCUT2D eigenvalue weighted by Gasteiger charge is 2.23. The monoisotopic (exact) mass is 279 g/mol. The minimum Gasteiger partial charge on any atom is -0.265 e. The molecule has 0 spiro atoms. The van der Waals surface area contributed by atoms with Gasteiger partial charge in [-0.2, -0.15) is 33.7 Å². The lowest BCUT2D eigenvalue weighted by atomic mass is 10.1. The van der Waals surface area contributed by atoms with Crippen LogP contribution in [-0.4, -0.2) is 31.5 Å². The van der Waals surface area contributed by atoms with Gasteiger partial charge in [0.25, 0.3) is 10.1 Å². The fourth-order valence-corrected chi connectivity index (χ4v) is 2.78. The molecule has 0 aliphatic carbocycles. The standard InChI is InChI=1S/C9H13NO3S3/c1-16(11,12)13-8(6-14)9(15)7-2-4-10-5-3-7/h2-5,8-9,14-15H,6H2,1H3. The first-order valence-electron chi connectivity index (χ1n) is 4.51. The Bertz CT molecular complexity index is 421. The molecule has 0 bridgehead atoms. The zero-order valence-electron chi connectivity index (χ0n) is 8.65. The summed E-state index contributed by atoms with van der Waals surface area (Å²) in [6.07, 6.45) is 3.66. The lowest BCUT2D eigenvalue weighted by molar-refractivity contribution is 0.234. The van der Waals surface area contributed by atoms with Crippen LogP contribution in [0.2, 0.25) is 0 Å². The minimum absolute atomic E-state index is 0.267. The highest BCUT2D eigenvalue weighted by Crippen LogP contribution is 2.26. The Labute approximate surface area is 106 Å². The highest BCUT2D eigenvalue weighted by atomic mass is 32.2. The number of rotatable bonds is 5. The Balaban J connectivity index is 2.82. The van der Waals surface area contributed by atoms with Crippen LogP contribution in [0.5, 0.6) is 0 Å². The van der Waals surface area contributed by atoms with Crippen molar-refractivity contribution in [2.24, 2.45) is 0 Å². The lowest BCUT2D eigenvalue weighted by Gasteiger charge is -2.20. The molecule has 7 heteroatoms. The van der Waals surface area contributed by atoms with Crippen molar-refractivity contribution >= 4 is 35.4 Å². The fraction of sp³-hybridized carbons (Fsp3) is 0.444. The van der Waals surface area contributed by atoms with E-state index in [1.165, 1.54) is 0 Å². The van der Waals surface area contributed by atoms with E-state index in [9.17, 15) is 8.42 Å². The minimum atomic E-state index is -3.50. The van der Waals surface area contributed by atoms with E-state index in [1.54, 1.807) is 24.5 Å². The molecule has 16 heavy (non-hydrogen) atoms. The lowest BCUT2D eigenvalue weighted by Crippen LogP contribution is -2.24.